The Balaban J connectivity index is 2.37. The van der Waals surface area contributed by atoms with Gasteiger partial charge < -0.3 is 25.3 Å². The Morgan fingerprint density at radius 3 is 2.50 bits per heavy atom. The van der Waals surface area contributed by atoms with E-state index in [4.69, 9.17) is 0 Å². The highest BCUT2D eigenvalue weighted by atomic mass is 16.4. The molecule has 1 saturated heterocycles. The molecule has 0 bridgehead atoms. The minimum atomic E-state index is -1.23. The van der Waals surface area contributed by atoms with Gasteiger partial charge in [0.1, 0.15) is 6.10 Å². The number of aryl methyl sites for hydroxylation is 1. The van der Waals surface area contributed by atoms with Crippen molar-refractivity contribution in [3.8, 4) is 0 Å². The molecule has 100 valence electrons. The summed E-state index contributed by atoms with van der Waals surface area (Å²) < 4.78 is 0. The minimum Gasteiger partial charge on any atom is -0.394 e. The topological polar surface area (TPSA) is 84.2 Å². The predicted molar refractivity (Wildman–Crippen MR) is 67.2 cm³/mol. The van der Waals surface area contributed by atoms with Crippen molar-refractivity contribution >= 4 is 5.69 Å². The third-order valence-electron chi connectivity index (χ3n) is 3.50. The molecule has 0 aliphatic carbocycles. The maximum absolute atomic E-state index is 10.1. The maximum Gasteiger partial charge on any atom is 0.156 e. The first-order chi connectivity index (χ1) is 8.56. The second-order valence-corrected chi connectivity index (χ2v) is 4.74. The molecule has 1 aliphatic heterocycles. The lowest BCUT2D eigenvalue weighted by atomic mass is 9.94. The average Bonchev–Trinajstić information content (AvgIpc) is 2.37. The molecule has 1 aromatic rings. The lowest BCUT2D eigenvalue weighted by Crippen LogP contribution is -2.60. The molecule has 5 nitrogen and oxygen atoms in total. The highest BCUT2D eigenvalue weighted by molar-refractivity contribution is 5.55. The molecule has 0 amide bonds. The summed E-state index contributed by atoms with van der Waals surface area (Å²) in [4.78, 5) is 1.58. The van der Waals surface area contributed by atoms with E-state index in [2.05, 4.69) is 0 Å². The monoisotopic (exact) mass is 253 g/mol. The van der Waals surface area contributed by atoms with E-state index in [9.17, 15) is 20.4 Å². The van der Waals surface area contributed by atoms with Crippen LogP contribution in [0.5, 0.6) is 0 Å². The predicted octanol–water partition coefficient (Wildman–Crippen LogP) is -0.394. The van der Waals surface area contributed by atoms with Crippen molar-refractivity contribution in [2.45, 2.75) is 37.8 Å². The smallest absolute Gasteiger partial charge is 0.156 e. The molecular weight excluding hydrogens is 234 g/mol. The Morgan fingerprint density at radius 1 is 1.22 bits per heavy atom. The highest BCUT2D eigenvalue weighted by Gasteiger charge is 2.40. The second-order valence-electron chi connectivity index (χ2n) is 4.74. The van der Waals surface area contributed by atoms with Crippen molar-refractivity contribution < 1.29 is 20.4 Å². The van der Waals surface area contributed by atoms with Crippen molar-refractivity contribution in [3.05, 3.63) is 29.8 Å². The molecule has 0 spiro atoms. The second kappa shape index (κ2) is 5.24. The number of piperidine rings is 1. The quantitative estimate of drug-likeness (QED) is 0.577. The average molecular weight is 253 g/mol. The SMILES string of the molecule is Cc1ccccc1N1C(O)[C@H](O)[C@@H](O)C[C@H]1CO. The van der Waals surface area contributed by atoms with E-state index in [-0.39, 0.29) is 13.0 Å². The molecule has 4 N–H and O–H groups in total. The number of para-hydroxylation sites is 1. The highest BCUT2D eigenvalue weighted by Crippen LogP contribution is 2.30. The van der Waals surface area contributed by atoms with Gasteiger partial charge in [-0.15, -0.1) is 0 Å². The number of rotatable bonds is 2. The van der Waals surface area contributed by atoms with E-state index in [1.54, 1.807) is 4.90 Å². The van der Waals surface area contributed by atoms with Crippen LogP contribution in [0, 0.1) is 6.92 Å². The fourth-order valence-electron chi connectivity index (χ4n) is 2.47. The van der Waals surface area contributed by atoms with Gasteiger partial charge in [-0.25, -0.2) is 0 Å². The van der Waals surface area contributed by atoms with Gasteiger partial charge in [-0.1, -0.05) is 18.2 Å². The zero-order chi connectivity index (χ0) is 13.3. The normalized spacial score (nSPS) is 32.6. The zero-order valence-electron chi connectivity index (χ0n) is 10.3. The number of hydrogen-bond acceptors (Lipinski definition) is 5. The van der Waals surface area contributed by atoms with Gasteiger partial charge in [-0.2, -0.15) is 0 Å². The summed E-state index contributed by atoms with van der Waals surface area (Å²) in [7, 11) is 0. The molecular formula is C13H19NO4. The fraction of sp³-hybridized carbons (Fsp3) is 0.538. The van der Waals surface area contributed by atoms with E-state index in [0.717, 1.165) is 11.3 Å². The van der Waals surface area contributed by atoms with Crippen LogP contribution in [0.15, 0.2) is 24.3 Å². The number of anilines is 1. The maximum atomic E-state index is 10.1. The first-order valence-electron chi connectivity index (χ1n) is 6.05. The van der Waals surface area contributed by atoms with Gasteiger partial charge in [0.15, 0.2) is 6.23 Å². The van der Waals surface area contributed by atoms with Crippen LogP contribution >= 0.6 is 0 Å². The standard InChI is InChI=1S/C13H19NO4/c1-8-4-2-3-5-10(8)14-9(7-15)6-11(16)12(17)13(14)18/h2-5,9,11-13,15-18H,6-7H2,1H3/t9-,11-,12+,13?/m0/s1. The van der Waals surface area contributed by atoms with Gasteiger partial charge in [0.05, 0.1) is 18.8 Å². The van der Waals surface area contributed by atoms with E-state index in [0.29, 0.717) is 0 Å². The van der Waals surface area contributed by atoms with Crippen LogP contribution in [0.2, 0.25) is 0 Å². The molecule has 1 unspecified atom stereocenters. The zero-order valence-corrected chi connectivity index (χ0v) is 10.3. The molecule has 1 aromatic carbocycles. The summed E-state index contributed by atoms with van der Waals surface area (Å²) >= 11 is 0. The molecule has 0 radical (unpaired) electrons. The van der Waals surface area contributed by atoms with Crippen LogP contribution in [-0.4, -0.2) is 51.5 Å². The molecule has 18 heavy (non-hydrogen) atoms. The van der Waals surface area contributed by atoms with E-state index < -0.39 is 24.5 Å². The van der Waals surface area contributed by atoms with E-state index in [1.165, 1.54) is 0 Å². The fourth-order valence-corrected chi connectivity index (χ4v) is 2.47. The van der Waals surface area contributed by atoms with Gasteiger partial charge in [-0.3, -0.25) is 0 Å². The third kappa shape index (κ3) is 2.22. The van der Waals surface area contributed by atoms with Crippen molar-refractivity contribution in [2.75, 3.05) is 11.5 Å². The molecule has 0 aromatic heterocycles. The Hall–Kier alpha value is -1.14. The van der Waals surface area contributed by atoms with E-state index >= 15 is 0 Å². The van der Waals surface area contributed by atoms with Crippen LogP contribution < -0.4 is 4.90 Å². The first kappa shape index (κ1) is 13.3. The third-order valence-corrected chi connectivity index (χ3v) is 3.50. The number of hydrogen-bond donors (Lipinski definition) is 4. The first-order valence-corrected chi connectivity index (χ1v) is 6.05. The molecule has 2 rings (SSSR count). The molecule has 0 saturated carbocycles. The summed E-state index contributed by atoms with van der Waals surface area (Å²) in [6.07, 6.45) is -3.24. The molecule has 1 aliphatic rings. The summed E-state index contributed by atoms with van der Waals surface area (Å²) in [6.45, 7) is 1.71. The van der Waals surface area contributed by atoms with Gasteiger partial charge in [-0.05, 0) is 25.0 Å². The van der Waals surface area contributed by atoms with Crippen LogP contribution in [0.25, 0.3) is 0 Å². The summed E-state index contributed by atoms with van der Waals surface area (Å²) in [5.41, 5.74) is 1.70. The van der Waals surface area contributed by atoms with Crippen LogP contribution in [0.1, 0.15) is 12.0 Å². The molecule has 1 fully saturated rings. The van der Waals surface area contributed by atoms with Crippen molar-refractivity contribution in [2.24, 2.45) is 0 Å². The summed E-state index contributed by atoms with van der Waals surface area (Å²) in [5, 5.41) is 38.9. The van der Waals surface area contributed by atoms with Gasteiger partial charge in [0.25, 0.3) is 0 Å². The van der Waals surface area contributed by atoms with Crippen molar-refractivity contribution in [3.63, 3.8) is 0 Å². The van der Waals surface area contributed by atoms with Crippen LogP contribution in [0.3, 0.4) is 0 Å². The van der Waals surface area contributed by atoms with Crippen LogP contribution in [-0.2, 0) is 0 Å². The van der Waals surface area contributed by atoms with Crippen molar-refractivity contribution in [1.29, 1.82) is 0 Å². The van der Waals surface area contributed by atoms with Crippen LogP contribution in [0.4, 0.5) is 5.69 Å². The lowest BCUT2D eigenvalue weighted by Gasteiger charge is -2.45. The molecule has 4 atom stereocenters. The lowest BCUT2D eigenvalue weighted by molar-refractivity contribution is -0.0915. The Kier molecular flexibility index (Phi) is 3.87. The van der Waals surface area contributed by atoms with Gasteiger partial charge in [0, 0.05) is 5.69 Å². The van der Waals surface area contributed by atoms with Gasteiger partial charge in [0.2, 0.25) is 0 Å². The summed E-state index contributed by atoms with van der Waals surface area (Å²) in [5.74, 6) is 0. The number of benzene rings is 1. The summed E-state index contributed by atoms with van der Waals surface area (Å²) in [6, 6.07) is 7.04. The number of aliphatic hydroxyl groups is 4. The van der Waals surface area contributed by atoms with Crippen molar-refractivity contribution in [1.82, 2.24) is 0 Å². The minimum absolute atomic E-state index is 0.185. The molecule has 5 heteroatoms. The Morgan fingerprint density at radius 2 is 1.89 bits per heavy atom. The Labute approximate surface area is 106 Å². The van der Waals surface area contributed by atoms with E-state index in [1.807, 2.05) is 31.2 Å². The van der Waals surface area contributed by atoms with Gasteiger partial charge >= 0.3 is 0 Å². The number of nitrogens with zero attached hydrogens (tertiary/aromatic N) is 1. The molecule has 1 heterocycles. The largest absolute Gasteiger partial charge is 0.394 e. The Bertz CT molecular complexity index is 410. The number of aliphatic hydroxyl groups excluding tert-OH is 4.